The van der Waals surface area contributed by atoms with Crippen LogP contribution in [0, 0.1) is 0 Å². The number of allylic oxidation sites excluding steroid dienone is 12. The van der Waals surface area contributed by atoms with E-state index in [-0.39, 0.29) is 31.1 Å². The number of esters is 3. The lowest BCUT2D eigenvalue weighted by Gasteiger charge is -2.18. The summed E-state index contributed by atoms with van der Waals surface area (Å²) in [5.41, 5.74) is 0. The molecule has 0 saturated heterocycles. The first-order chi connectivity index (χ1) is 31.5. The third-order valence-electron chi connectivity index (χ3n) is 11.5. The van der Waals surface area contributed by atoms with Crippen LogP contribution in [0.5, 0.6) is 0 Å². The van der Waals surface area contributed by atoms with Crippen molar-refractivity contribution in [1.29, 1.82) is 0 Å². The van der Waals surface area contributed by atoms with E-state index in [1.807, 2.05) is 0 Å². The molecule has 0 saturated carbocycles. The molecule has 6 heteroatoms. The zero-order valence-electron chi connectivity index (χ0n) is 42.0. The first-order valence-corrected chi connectivity index (χ1v) is 26.9. The lowest BCUT2D eigenvalue weighted by Crippen LogP contribution is -2.30. The average molecular weight is 893 g/mol. The van der Waals surface area contributed by atoms with E-state index >= 15 is 0 Å². The van der Waals surface area contributed by atoms with E-state index in [0.29, 0.717) is 19.3 Å². The van der Waals surface area contributed by atoms with Crippen molar-refractivity contribution >= 4 is 17.9 Å². The van der Waals surface area contributed by atoms with Crippen molar-refractivity contribution < 1.29 is 28.6 Å². The van der Waals surface area contributed by atoms with Gasteiger partial charge in [-0.3, -0.25) is 14.4 Å². The summed E-state index contributed by atoms with van der Waals surface area (Å²) in [6.45, 7) is 6.44. The highest BCUT2D eigenvalue weighted by molar-refractivity contribution is 5.71. The molecule has 368 valence electrons. The standard InChI is InChI=1S/C58H100O6/c1-4-7-10-13-16-18-19-20-21-22-23-24-25-26-27-28-29-30-31-32-33-34-35-36-37-38-39-41-42-45-48-51-57(60)63-54-55(53-62-56(59)50-47-44-15-12-9-6-3)64-58(61)52-49-46-43-40-17-14-11-8-5-2/h7,10,16,18,20-21,23-24,26-27,29-30,55H,4-6,8-9,11-15,17,19,22,25,28,31-54H2,1-3H3/b10-7-,18-16-,21-20-,24-23-,27-26-,30-29-. The van der Waals surface area contributed by atoms with Gasteiger partial charge in [-0.05, 0) is 70.6 Å². The molecule has 0 rings (SSSR count). The van der Waals surface area contributed by atoms with E-state index in [9.17, 15) is 14.4 Å². The molecular weight excluding hydrogens is 793 g/mol. The second kappa shape index (κ2) is 52.5. The highest BCUT2D eigenvalue weighted by atomic mass is 16.6. The molecule has 0 fully saturated rings. The van der Waals surface area contributed by atoms with Gasteiger partial charge in [-0.2, -0.15) is 0 Å². The highest BCUT2D eigenvalue weighted by Crippen LogP contribution is 2.15. The first-order valence-electron chi connectivity index (χ1n) is 26.9. The van der Waals surface area contributed by atoms with Crippen LogP contribution < -0.4 is 0 Å². The molecule has 64 heavy (non-hydrogen) atoms. The molecule has 0 aromatic rings. The van der Waals surface area contributed by atoms with E-state index in [1.165, 1.54) is 122 Å². The quantitative estimate of drug-likeness (QED) is 0.0262. The van der Waals surface area contributed by atoms with Crippen LogP contribution in [0.4, 0.5) is 0 Å². The van der Waals surface area contributed by atoms with E-state index in [4.69, 9.17) is 14.2 Å². The molecule has 0 aromatic heterocycles. The second-order valence-corrected chi connectivity index (χ2v) is 17.8. The predicted molar refractivity (Wildman–Crippen MR) is 274 cm³/mol. The van der Waals surface area contributed by atoms with Gasteiger partial charge >= 0.3 is 17.9 Å². The van der Waals surface area contributed by atoms with Gasteiger partial charge in [0.15, 0.2) is 6.10 Å². The predicted octanol–water partition coefficient (Wildman–Crippen LogP) is 17.8. The minimum atomic E-state index is -0.767. The molecule has 0 amide bonds. The first kappa shape index (κ1) is 60.9. The Balaban J connectivity index is 3.97. The SMILES string of the molecule is CC/C=C\C/C=C\C/C=C\C/C=C\C/C=C\C/C=C\CCCCCCCCCCCCCCC(=O)OCC(COC(=O)CCCCCCCC)OC(=O)CCCCCCCCCCC. The highest BCUT2D eigenvalue weighted by Gasteiger charge is 2.19. The largest absolute Gasteiger partial charge is 0.462 e. The van der Waals surface area contributed by atoms with Gasteiger partial charge in [0.2, 0.25) is 0 Å². The summed E-state index contributed by atoms with van der Waals surface area (Å²) in [5, 5.41) is 0. The van der Waals surface area contributed by atoms with Gasteiger partial charge in [-0.25, -0.2) is 0 Å². The fraction of sp³-hybridized carbons (Fsp3) is 0.741. The summed E-state index contributed by atoms with van der Waals surface area (Å²) < 4.78 is 16.7. The van der Waals surface area contributed by atoms with Crippen LogP contribution in [0.3, 0.4) is 0 Å². The van der Waals surface area contributed by atoms with E-state index in [1.54, 1.807) is 0 Å². The van der Waals surface area contributed by atoms with Crippen molar-refractivity contribution in [3.05, 3.63) is 72.9 Å². The minimum Gasteiger partial charge on any atom is -0.462 e. The van der Waals surface area contributed by atoms with E-state index in [0.717, 1.165) is 96.3 Å². The van der Waals surface area contributed by atoms with Crippen molar-refractivity contribution in [3.8, 4) is 0 Å². The summed E-state index contributed by atoms with van der Waals surface area (Å²) in [7, 11) is 0. The summed E-state index contributed by atoms with van der Waals surface area (Å²) in [6.07, 6.45) is 66.5. The Hall–Kier alpha value is -3.15. The topological polar surface area (TPSA) is 78.9 Å². The smallest absolute Gasteiger partial charge is 0.306 e. The number of carbonyl (C=O) groups is 3. The lowest BCUT2D eigenvalue weighted by molar-refractivity contribution is -0.167. The molecule has 0 aliphatic carbocycles. The lowest BCUT2D eigenvalue weighted by atomic mass is 10.0. The van der Waals surface area contributed by atoms with Gasteiger partial charge < -0.3 is 14.2 Å². The molecule has 1 atom stereocenters. The van der Waals surface area contributed by atoms with E-state index < -0.39 is 6.10 Å². The molecule has 0 aliphatic rings. The number of carbonyl (C=O) groups excluding carboxylic acids is 3. The van der Waals surface area contributed by atoms with Gasteiger partial charge in [0.05, 0.1) is 0 Å². The molecule has 0 aromatic carbocycles. The normalized spacial score (nSPS) is 12.6. The number of hydrogen-bond donors (Lipinski definition) is 0. The van der Waals surface area contributed by atoms with Crippen LogP contribution in [0.15, 0.2) is 72.9 Å². The minimum absolute atomic E-state index is 0.0729. The number of ether oxygens (including phenoxy) is 3. The van der Waals surface area contributed by atoms with Crippen molar-refractivity contribution in [1.82, 2.24) is 0 Å². The van der Waals surface area contributed by atoms with Crippen LogP contribution in [0.2, 0.25) is 0 Å². The van der Waals surface area contributed by atoms with Crippen molar-refractivity contribution in [3.63, 3.8) is 0 Å². The molecule has 0 bridgehead atoms. The summed E-state index contributed by atoms with van der Waals surface area (Å²) in [4.78, 5) is 37.6. The van der Waals surface area contributed by atoms with Crippen molar-refractivity contribution in [2.24, 2.45) is 0 Å². The molecule has 0 N–H and O–H groups in total. The third-order valence-corrected chi connectivity index (χ3v) is 11.5. The third kappa shape index (κ3) is 49.9. The van der Waals surface area contributed by atoms with Crippen molar-refractivity contribution in [2.45, 2.75) is 264 Å². The Kier molecular flexibility index (Phi) is 49.9. The molecule has 0 aliphatic heterocycles. The van der Waals surface area contributed by atoms with Gasteiger partial charge in [-0.1, -0.05) is 241 Å². The maximum absolute atomic E-state index is 12.7. The fourth-order valence-corrected chi connectivity index (χ4v) is 7.45. The van der Waals surface area contributed by atoms with Crippen LogP contribution in [-0.4, -0.2) is 37.2 Å². The van der Waals surface area contributed by atoms with E-state index in [2.05, 4.69) is 93.7 Å². The Morgan fingerprint density at radius 1 is 0.328 bits per heavy atom. The monoisotopic (exact) mass is 893 g/mol. The molecule has 0 radical (unpaired) electrons. The Morgan fingerprint density at radius 2 is 0.609 bits per heavy atom. The molecule has 6 nitrogen and oxygen atoms in total. The maximum Gasteiger partial charge on any atom is 0.306 e. The summed E-state index contributed by atoms with van der Waals surface area (Å²) >= 11 is 0. The zero-order chi connectivity index (χ0) is 46.5. The van der Waals surface area contributed by atoms with Gasteiger partial charge in [0.1, 0.15) is 13.2 Å². The van der Waals surface area contributed by atoms with Crippen LogP contribution >= 0.6 is 0 Å². The number of rotatable bonds is 48. The molecular formula is C58H100O6. The van der Waals surface area contributed by atoms with Crippen LogP contribution in [-0.2, 0) is 28.6 Å². The summed E-state index contributed by atoms with van der Waals surface area (Å²) in [6, 6.07) is 0. The average Bonchev–Trinajstić information content (AvgIpc) is 3.29. The summed E-state index contributed by atoms with van der Waals surface area (Å²) in [5.74, 6) is -0.885. The fourth-order valence-electron chi connectivity index (χ4n) is 7.45. The van der Waals surface area contributed by atoms with Gasteiger partial charge in [-0.15, -0.1) is 0 Å². The Morgan fingerprint density at radius 3 is 0.953 bits per heavy atom. The van der Waals surface area contributed by atoms with Crippen LogP contribution in [0.25, 0.3) is 0 Å². The van der Waals surface area contributed by atoms with Gasteiger partial charge in [0.25, 0.3) is 0 Å². The molecule has 0 heterocycles. The Bertz CT molecular complexity index is 1210. The zero-order valence-corrected chi connectivity index (χ0v) is 42.0. The van der Waals surface area contributed by atoms with Crippen molar-refractivity contribution in [2.75, 3.05) is 13.2 Å². The van der Waals surface area contributed by atoms with Gasteiger partial charge in [0, 0.05) is 19.3 Å². The molecule has 1 unspecified atom stereocenters. The maximum atomic E-state index is 12.7. The second-order valence-electron chi connectivity index (χ2n) is 17.8. The van der Waals surface area contributed by atoms with Crippen LogP contribution in [0.1, 0.15) is 258 Å². The Labute approximate surface area is 395 Å². The molecule has 0 spiro atoms. The number of unbranched alkanes of at least 4 members (excludes halogenated alkanes) is 25. The number of hydrogen-bond acceptors (Lipinski definition) is 6.